The number of ether oxygens (including phenoxy) is 1. The molecule has 0 fully saturated rings. The highest BCUT2D eigenvalue weighted by atomic mass is 79.9. The highest BCUT2D eigenvalue weighted by Gasteiger charge is 2.04. The number of benzene rings is 1. The Labute approximate surface area is 128 Å². The predicted octanol–water partition coefficient (Wildman–Crippen LogP) is 4.43. The fourth-order valence-electron chi connectivity index (χ4n) is 1.78. The van der Waals surface area contributed by atoms with Crippen molar-refractivity contribution in [3.63, 3.8) is 0 Å². The van der Waals surface area contributed by atoms with Crippen LogP contribution in [0.2, 0.25) is 0 Å². The zero-order valence-corrected chi connectivity index (χ0v) is 13.7. The minimum Gasteiger partial charge on any atom is -0.486 e. The molecule has 0 aliphatic heterocycles. The molecule has 1 heterocycles. The summed E-state index contributed by atoms with van der Waals surface area (Å²) in [5.74, 6) is 1.69. The molecule has 0 bridgehead atoms. The first kappa shape index (κ1) is 15.1. The molecule has 0 radical (unpaired) electrons. The summed E-state index contributed by atoms with van der Waals surface area (Å²) in [5, 5.41) is 3.36. The Hall–Kier alpha value is -1.26. The van der Waals surface area contributed by atoms with Crippen LogP contribution < -0.4 is 10.1 Å². The lowest BCUT2D eigenvalue weighted by Crippen LogP contribution is -2.21. The minimum absolute atomic E-state index is 0.447. The van der Waals surface area contributed by atoms with Gasteiger partial charge in [-0.2, -0.15) is 0 Å². The smallest absolute Gasteiger partial charge is 0.146 e. The molecule has 20 heavy (non-hydrogen) atoms. The van der Waals surface area contributed by atoms with Crippen molar-refractivity contribution in [3.8, 4) is 5.75 Å². The van der Waals surface area contributed by atoms with E-state index >= 15 is 0 Å². The summed E-state index contributed by atoms with van der Waals surface area (Å²) in [6.45, 7) is 7.56. The van der Waals surface area contributed by atoms with Crippen LogP contribution in [0, 0.1) is 6.92 Å². The van der Waals surface area contributed by atoms with Crippen molar-refractivity contribution >= 4 is 15.9 Å². The van der Waals surface area contributed by atoms with Gasteiger partial charge in [-0.05, 0) is 36.8 Å². The van der Waals surface area contributed by atoms with E-state index in [0.29, 0.717) is 12.6 Å². The molecule has 2 rings (SSSR count). The van der Waals surface area contributed by atoms with E-state index in [0.717, 1.165) is 33.7 Å². The molecule has 0 spiro atoms. The molecule has 108 valence electrons. The third-order valence-electron chi connectivity index (χ3n) is 2.93. The Morgan fingerprint density at radius 3 is 2.80 bits per heavy atom. The largest absolute Gasteiger partial charge is 0.486 e. The molecule has 2 aromatic rings. The number of nitrogens with one attached hydrogen (secondary N) is 1. The number of aryl methyl sites for hydroxylation is 1. The maximum atomic E-state index is 5.73. The van der Waals surface area contributed by atoms with Crippen LogP contribution in [0.3, 0.4) is 0 Å². The van der Waals surface area contributed by atoms with Gasteiger partial charge in [0.25, 0.3) is 0 Å². The molecule has 0 saturated heterocycles. The Balaban J connectivity index is 1.89. The Bertz CT molecular complexity index is 563. The van der Waals surface area contributed by atoms with E-state index < -0.39 is 0 Å². The van der Waals surface area contributed by atoms with Crippen LogP contribution in [0.25, 0.3) is 0 Å². The minimum atomic E-state index is 0.447. The van der Waals surface area contributed by atoms with E-state index in [-0.39, 0.29) is 0 Å². The van der Waals surface area contributed by atoms with Crippen molar-refractivity contribution in [1.29, 1.82) is 0 Å². The number of hydrogen-bond acceptors (Lipinski definition) is 3. The number of furan rings is 1. The molecular weight excluding hydrogens is 318 g/mol. The fourth-order valence-corrected chi connectivity index (χ4v) is 2.02. The summed E-state index contributed by atoms with van der Waals surface area (Å²) < 4.78 is 12.3. The van der Waals surface area contributed by atoms with Crippen LogP contribution >= 0.6 is 15.9 Å². The fraction of sp³-hybridized carbons (Fsp3) is 0.375. The van der Waals surface area contributed by atoms with Crippen molar-refractivity contribution in [2.75, 3.05) is 0 Å². The van der Waals surface area contributed by atoms with Crippen LogP contribution in [-0.2, 0) is 13.2 Å². The molecular formula is C16H20BrNO2. The summed E-state index contributed by atoms with van der Waals surface area (Å²) in [4.78, 5) is 0. The van der Waals surface area contributed by atoms with E-state index in [1.807, 2.05) is 31.2 Å². The quantitative estimate of drug-likeness (QED) is 0.846. The Morgan fingerprint density at radius 1 is 1.30 bits per heavy atom. The molecule has 0 saturated carbocycles. The summed E-state index contributed by atoms with van der Waals surface area (Å²) in [6, 6.07) is 8.44. The van der Waals surface area contributed by atoms with Crippen LogP contribution in [0.15, 0.2) is 39.4 Å². The molecule has 0 aliphatic rings. The summed E-state index contributed by atoms with van der Waals surface area (Å²) in [6.07, 6.45) is 1.78. The lowest BCUT2D eigenvalue weighted by molar-refractivity contribution is 0.270. The van der Waals surface area contributed by atoms with Crippen molar-refractivity contribution in [1.82, 2.24) is 5.32 Å². The first-order valence-corrected chi connectivity index (χ1v) is 7.52. The highest BCUT2D eigenvalue weighted by Crippen LogP contribution is 2.22. The Kier molecular flexibility index (Phi) is 5.26. The summed E-state index contributed by atoms with van der Waals surface area (Å²) in [5.41, 5.74) is 2.30. The molecule has 1 aromatic heterocycles. The highest BCUT2D eigenvalue weighted by molar-refractivity contribution is 9.10. The zero-order chi connectivity index (χ0) is 14.5. The van der Waals surface area contributed by atoms with Gasteiger partial charge in [0, 0.05) is 22.6 Å². The molecule has 3 nitrogen and oxygen atoms in total. The van der Waals surface area contributed by atoms with E-state index in [4.69, 9.17) is 9.15 Å². The van der Waals surface area contributed by atoms with Gasteiger partial charge in [0.05, 0.1) is 6.26 Å². The SMILES string of the molecule is Cc1cc(OCc2cc(CNC(C)C)co2)ccc1Br. The molecule has 0 atom stereocenters. The molecule has 0 unspecified atom stereocenters. The van der Waals surface area contributed by atoms with E-state index in [9.17, 15) is 0 Å². The first-order chi connectivity index (χ1) is 9.54. The van der Waals surface area contributed by atoms with Gasteiger partial charge < -0.3 is 14.5 Å². The van der Waals surface area contributed by atoms with Gasteiger partial charge in [0.1, 0.15) is 18.1 Å². The molecule has 0 aliphatic carbocycles. The summed E-state index contributed by atoms with van der Waals surface area (Å²) >= 11 is 3.48. The third-order valence-corrected chi connectivity index (χ3v) is 3.82. The molecule has 4 heteroatoms. The maximum absolute atomic E-state index is 5.73. The predicted molar refractivity (Wildman–Crippen MR) is 83.9 cm³/mol. The first-order valence-electron chi connectivity index (χ1n) is 6.73. The monoisotopic (exact) mass is 337 g/mol. The van der Waals surface area contributed by atoms with Gasteiger partial charge in [0.15, 0.2) is 0 Å². The van der Waals surface area contributed by atoms with Crippen LogP contribution in [0.1, 0.15) is 30.7 Å². The van der Waals surface area contributed by atoms with Crippen molar-refractivity contribution in [2.45, 2.75) is 40.0 Å². The second kappa shape index (κ2) is 6.95. The van der Waals surface area contributed by atoms with Crippen LogP contribution in [0.4, 0.5) is 0 Å². The zero-order valence-electron chi connectivity index (χ0n) is 12.1. The van der Waals surface area contributed by atoms with Crippen molar-refractivity contribution in [2.24, 2.45) is 0 Å². The van der Waals surface area contributed by atoms with Crippen molar-refractivity contribution in [3.05, 3.63) is 51.9 Å². The standard InChI is InChI=1S/C16H20BrNO2/c1-11(2)18-8-13-7-15(19-9-13)10-20-14-4-5-16(17)12(3)6-14/h4-7,9,11,18H,8,10H2,1-3H3. The molecule has 1 aromatic carbocycles. The summed E-state index contributed by atoms with van der Waals surface area (Å²) in [7, 11) is 0. The number of halogens is 1. The van der Waals surface area contributed by atoms with Crippen molar-refractivity contribution < 1.29 is 9.15 Å². The second-order valence-electron chi connectivity index (χ2n) is 5.16. The number of hydrogen-bond donors (Lipinski definition) is 1. The second-order valence-corrected chi connectivity index (χ2v) is 6.01. The maximum Gasteiger partial charge on any atom is 0.146 e. The Morgan fingerprint density at radius 2 is 2.10 bits per heavy atom. The van der Waals surface area contributed by atoms with E-state index in [1.54, 1.807) is 6.26 Å². The average Bonchev–Trinajstić information content (AvgIpc) is 2.86. The van der Waals surface area contributed by atoms with E-state index in [1.165, 1.54) is 0 Å². The average molecular weight is 338 g/mol. The van der Waals surface area contributed by atoms with Gasteiger partial charge in [0.2, 0.25) is 0 Å². The van der Waals surface area contributed by atoms with Crippen LogP contribution in [0.5, 0.6) is 5.75 Å². The topological polar surface area (TPSA) is 34.4 Å². The van der Waals surface area contributed by atoms with E-state index in [2.05, 4.69) is 35.1 Å². The lowest BCUT2D eigenvalue weighted by atomic mass is 10.2. The molecule has 1 N–H and O–H groups in total. The normalized spacial score (nSPS) is 11.1. The third kappa shape index (κ3) is 4.39. The van der Waals surface area contributed by atoms with Gasteiger partial charge in [-0.15, -0.1) is 0 Å². The van der Waals surface area contributed by atoms with Gasteiger partial charge >= 0.3 is 0 Å². The van der Waals surface area contributed by atoms with Gasteiger partial charge in [-0.3, -0.25) is 0 Å². The molecule has 0 amide bonds. The lowest BCUT2D eigenvalue weighted by Gasteiger charge is -2.06. The number of rotatable bonds is 6. The van der Waals surface area contributed by atoms with Gasteiger partial charge in [-0.1, -0.05) is 29.8 Å². The van der Waals surface area contributed by atoms with Gasteiger partial charge in [-0.25, -0.2) is 0 Å². The van der Waals surface area contributed by atoms with Crippen LogP contribution in [-0.4, -0.2) is 6.04 Å².